The first-order valence-corrected chi connectivity index (χ1v) is 5.04. The van der Waals surface area contributed by atoms with Gasteiger partial charge in [-0.05, 0) is 5.56 Å². The van der Waals surface area contributed by atoms with Crippen LogP contribution in [0.2, 0.25) is 0 Å². The lowest BCUT2D eigenvalue weighted by atomic mass is 10.0. The van der Waals surface area contributed by atoms with Crippen molar-refractivity contribution in [3.05, 3.63) is 54.1 Å². The van der Waals surface area contributed by atoms with E-state index >= 15 is 0 Å². The molecule has 0 bridgehead atoms. The van der Waals surface area contributed by atoms with Crippen molar-refractivity contribution in [2.24, 2.45) is 12.8 Å². The first kappa shape index (κ1) is 9.93. The number of nitrogens with two attached hydrogens (primary N) is 1. The van der Waals surface area contributed by atoms with E-state index in [1.54, 1.807) is 6.20 Å². The SMILES string of the molecule is Cn1ccnc1C[C@@H](N)c1ccccc1. The molecule has 1 aromatic heterocycles. The van der Waals surface area contributed by atoms with E-state index in [4.69, 9.17) is 5.73 Å². The third-order valence-electron chi connectivity index (χ3n) is 2.55. The lowest BCUT2D eigenvalue weighted by Gasteiger charge is -2.11. The summed E-state index contributed by atoms with van der Waals surface area (Å²) in [5, 5.41) is 0. The maximum absolute atomic E-state index is 6.10. The average Bonchev–Trinajstić information content (AvgIpc) is 2.66. The van der Waals surface area contributed by atoms with Crippen molar-refractivity contribution in [3.63, 3.8) is 0 Å². The lowest BCUT2D eigenvalue weighted by Crippen LogP contribution is -2.15. The van der Waals surface area contributed by atoms with Gasteiger partial charge in [-0.2, -0.15) is 0 Å². The molecule has 0 aliphatic carbocycles. The van der Waals surface area contributed by atoms with Crippen LogP contribution in [0.5, 0.6) is 0 Å². The molecule has 0 radical (unpaired) electrons. The number of aromatic nitrogens is 2. The van der Waals surface area contributed by atoms with Gasteiger partial charge in [0.15, 0.2) is 0 Å². The van der Waals surface area contributed by atoms with Gasteiger partial charge in [0.2, 0.25) is 0 Å². The second-order valence-electron chi connectivity index (χ2n) is 3.68. The Balaban J connectivity index is 2.11. The molecule has 1 aromatic carbocycles. The molecule has 0 fully saturated rings. The largest absolute Gasteiger partial charge is 0.338 e. The summed E-state index contributed by atoms with van der Waals surface area (Å²) < 4.78 is 2.00. The summed E-state index contributed by atoms with van der Waals surface area (Å²) in [6.07, 6.45) is 4.51. The first-order chi connectivity index (χ1) is 7.27. The fourth-order valence-corrected chi connectivity index (χ4v) is 1.61. The molecule has 1 atom stereocenters. The molecule has 15 heavy (non-hydrogen) atoms. The molecule has 2 rings (SSSR count). The number of aryl methyl sites for hydroxylation is 1. The quantitative estimate of drug-likeness (QED) is 0.820. The van der Waals surface area contributed by atoms with Gasteiger partial charge in [-0.25, -0.2) is 4.98 Å². The zero-order chi connectivity index (χ0) is 10.7. The van der Waals surface area contributed by atoms with Crippen LogP contribution < -0.4 is 5.73 Å². The van der Waals surface area contributed by atoms with Crippen LogP contribution >= 0.6 is 0 Å². The van der Waals surface area contributed by atoms with Crippen LogP contribution in [0, 0.1) is 0 Å². The molecule has 0 spiro atoms. The van der Waals surface area contributed by atoms with Crippen LogP contribution in [0.4, 0.5) is 0 Å². The van der Waals surface area contributed by atoms with Gasteiger partial charge < -0.3 is 10.3 Å². The number of hydrogen-bond donors (Lipinski definition) is 1. The Morgan fingerprint density at radius 3 is 2.67 bits per heavy atom. The van der Waals surface area contributed by atoms with E-state index in [0.29, 0.717) is 0 Å². The predicted octanol–water partition coefficient (Wildman–Crippen LogP) is 1.66. The molecule has 0 amide bonds. The third kappa shape index (κ3) is 2.25. The van der Waals surface area contributed by atoms with E-state index in [9.17, 15) is 0 Å². The van der Waals surface area contributed by atoms with Gasteiger partial charge in [0.25, 0.3) is 0 Å². The normalized spacial score (nSPS) is 12.7. The molecule has 0 unspecified atom stereocenters. The summed E-state index contributed by atoms with van der Waals surface area (Å²) in [5.74, 6) is 1.02. The molecule has 0 saturated heterocycles. The smallest absolute Gasteiger partial charge is 0.110 e. The molecule has 3 heteroatoms. The molecule has 2 aromatic rings. The van der Waals surface area contributed by atoms with Crippen molar-refractivity contribution in [3.8, 4) is 0 Å². The summed E-state index contributed by atoms with van der Waals surface area (Å²) in [6, 6.07) is 10.1. The van der Waals surface area contributed by atoms with Crippen LogP contribution in [0.15, 0.2) is 42.7 Å². The Kier molecular flexibility index (Phi) is 2.83. The second-order valence-corrected chi connectivity index (χ2v) is 3.68. The summed E-state index contributed by atoms with van der Waals surface area (Å²) in [6.45, 7) is 0. The zero-order valence-corrected chi connectivity index (χ0v) is 8.80. The van der Waals surface area contributed by atoms with Gasteiger partial charge in [0.1, 0.15) is 5.82 Å². The van der Waals surface area contributed by atoms with Crippen molar-refractivity contribution in [1.29, 1.82) is 0 Å². The highest BCUT2D eigenvalue weighted by Gasteiger charge is 2.08. The van der Waals surface area contributed by atoms with Gasteiger partial charge >= 0.3 is 0 Å². The lowest BCUT2D eigenvalue weighted by molar-refractivity contribution is 0.659. The molecule has 0 aliphatic heterocycles. The van der Waals surface area contributed by atoms with Gasteiger partial charge in [-0.3, -0.25) is 0 Å². The Labute approximate surface area is 89.6 Å². The predicted molar refractivity (Wildman–Crippen MR) is 60.3 cm³/mol. The van der Waals surface area contributed by atoms with E-state index < -0.39 is 0 Å². The van der Waals surface area contributed by atoms with Crippen LogP contribution in [0.25, 0.3) is 0 Å². The number of rotatable bonds is 3. The highest BCUT2D eigenvalue weighted by Crippen LogP contribution is 2.13. The summed E-state index contributed by atoms with van der Waals surface area (Å²) in [5.41, 5.74) is 7.26. The minimum absolute atomic E-state index is 0.0206. The average molecular weight is 201 g/mol. The standard InChI is InChI=1S/C12H15N3/c1-15-8-7-14-12(15)9-11(13)10-5-3-2-4-6-10/h2-8,11H,9,13H2,1H3/t11-/m1/s1. The van der Waals surface area contributed by atoms with Crippen molar-refractivity contribution in [2.45, 2.75) is 12.5 Å². The fourth-order valence-electron chi connectivity index (χ4n) is 1.61. The molecule has 78 valence electrons. The molecule has 2 N–H and O–H groups in total. The molecular weight excluding hydrogens is 186 g/mol. The third-order valence-corrected chi connectivity index (χ3v) is 2.55. The number of benzene rings is 1. The molecule has 3 nitrogen and oxygen atoms in total. The Hall–Kier alpha value is -1.61. The Bertz CT molecular complexity index is 419. The summed E-state index contributed by atoms with van der Waals surface area (Å²) in [4.78, 5) is 4.26. The zero-order valence-electron chi connectivity index (χ0n) is 8.80. The summed E-state index contributed by atoms with van der Waals surface area (Å²) >= 11 is 0. The topological polar surface area (TPSA) is 43.8 Å². The van der Waals surface area contributed by atoms with Gasteiger partial charge in [0.05, 0.1) is 0 Å². The number of nitrogens with zero attached hydrogens (tertiary/aromatic N) is 2. The fraction of sp³-hybridized carbons (Fsp3) is 0.250. The minimum Gasteiger partial charge on any atom is -0.338 e. The van der Waals surface area contributed by atoms with Crippen LogP contribution in [0.3, 0.4) is 0 Å². The monoisotopic (exact) mass is 201 g/mol. The molecule has 1 heterocycles. The molecule has 0 aliphatic rings. The highest BCUT2D eigenvalue weighted by atomic mass is 15.0. The molecule has 0 saturated carbocycles. The number of hydrogen-bond acceptors (Lipinski definition) is 2. The maximum atomic E-state index is 6.10. The van der Waals surface area contributed by atoms with Gasteiger partial charge in [-0.15, -0.1) is 0 Å². The van der Waals surface area contributed by atoms with Crippen molar-refractivity contribution < 1.29 is 0 Å². The van der Waals surface area contributed by atoms with Gasteiger partial charge in [0, 0.05) is 31.9 Å². The van der Waals surface area contributed by atoms with E-state index in [0.717, 1.165) is 17.8 Å². The van der Waals surface area contributed by atoms with Gasteiger partial charge in [-0.1, -0.05) is 30.3 Å². The maximum Gasteiger partial charge on any atom is 0.110 e. The van der Waals surface area contributed by atoms with Crippen molar-refractivity contribution in [2.75, 3.05) is 0 Å². The molecular formula is C12H15N3. The van der Waals surface area contributed by atoms with E-state index in [-0.39, 0.29) is 6.04 Å². The van der Waals surface area contributed by atoms with Crippen LogP contribution in [-0.4, -0.2) is 9.55 Å². The van der Waals surface area contributed by atoms with Crippen LogP contribution in [-0.2, 0) is 13.5 Å². The summed E-state index contributed by atoms with van der Waals surface area (Å²) in [7, 11) is 1.99. The van der Waals surface area contributed by atoms with E-state index in [2.05, 4.69) is 4.98 Å². The first-order valence-electron chi connectivity index (χ1n) is 5.04. The Morgan fingerprint density at radius 1 is 1.33 bits per heavy atom. The number of imidazole rings is 1. The minimum atomic E-state index is 0.0206. The van der Waals surface area contributed by atoms with E-state index in [1.807, 2.05) is 48.1 Å². The van der Waals surface area contributed by atoms with Crippen LogP contribution in [0.1, 0.15) is 17.4 Å². The Morgan fingerprint density at radius 2 is 2.07 bits per heavy atom. The van der Waals surface area contributed by atoms with E-state index in [1.165, 1.54) is 0 Å². The highest BCUT2D eigenvalue weighted by molar-refractivity contribution is 5.19. The van der Waals surface area contributed by atoms with Crippen molar-refractivity contribution in [1.82, 2.24) is 9.55 Å². The second kappa shape index (κ2) is 4.28. The van der Waals surface area contributed by atoms with Crippen molar-refractivity contribution >= 4 is 0 Å².